The summed E-state index contributed by atoms with van der Waals surface area (Å²) in [4.78, 5) is 12.0. The second-order valence-corrected chi connectivity index (χ2v) is 5.53. The molecule has 0 atom stereocenters. The Kier molecular flexibility index (Phi) is 5.20. The number of hydrogen-bond donors (Lipinski definition) is 1. The molecule has 2 aromatic rings. The minimum Gasteiger partial charge on any atom is -0.497 e. The minimum atomic E-state index is -0.498. The quantitative estimate of drug-likeness (QED) is 0.862. The van der Waals surface area contributed by atoms with Crippen molar-refractivity contribution in [3.8, 4) is 5.75 Å². The van der Waals surface area contributed by atoms with Crippen LogP contribution in [0.2, 0.25) is 5.02 Å². The molecule has 0 aliphatic rings. The summed E-state index contributed by atoms with van der Waals surface area (Å²) in [7, 11) is 1.54. The Labute approximate surface area is 135 Å². The van der Waals surface area contributed by atoms with E-state index in [1.807, 2.05) is 0 Å². The summed E-state index contributed by atoms with van der Waals surface area (Å²) >= 11 is 9.24. The van der Waals surface area contributed by atoms with E-state index >= 15 is 0 Å². The van der Waals surface area contributed by atoms with Crippen molar-refractivity contribution in [2.75, 3.05) is 12.4 Å². The number of benzene rings is 2. The topological polar surface area (TPSA) is 38.3 Å². The maximum absolute atomic E-state index is 13.7. The first-order valence-corrected chi connectivity index (χ1v) is 7.24. The van der Waals surface area contributed by atoms with Gasteiger partial charge in [-0.3, -0.25) is 4.79 Å². The number of rotatable bonds is 4. The van der Waals surface area contributed by atoms with Crippen molar-refractivity contribution >= 4 is 39.1 Å². The average molecular weight is 373 g/mol. The Balaban J connectivity index is 2.15. The van der Waals surface area contributed by atoms with E-state index < -0.39 is 5.82 Å². The Morgan fingerprint density at radius 2 is 2.14 bits per heavy atom. The molecular weight excluding hydrogens is 361 g/mol. The predicted molar refractivity (Wildman–Crippen MR) is 84.4 cm³/mol. The highest BCUT2D eigenvalue weighted by atomic mass is 79.9. The van der Waals surface area contributed by atoms with Crippen LogP contribution in [0.1, 0.15) is 5.56 Å². The van der Waals surface area contributed by atoms with Crippen LogP contribution in [-0.4, -0.2) is 13.0 Å². The van der Waals surface area contributed by atoms with E-state index in [9.17, 15) is 9.18 Å². The number of anilines is 1. The van der Waals surface area contributed by atoms with Crippen molar-refractivity contribution in [1.82, 2.24) is 0 Å². The number of carbonyl (C=O) groups excluding carboxylic acids is 1. The molecule has 3 nitrogen and oxygen atoms in total. The predicted octanol–water partition coefficient (Wildman–Crippen LogP) is 4.43. The lowest BCUT2D eigenvalue weighted by molar-refractivity contribution is -0.115. The molecule has 0 bridgehead atoms. The largest absolute Gasteiger partial charge is 0.497 e. The van der Waals surface area contributed by atoms with Gasteiger partial charge in [-0.2, -0.15) is 0 Å². The average Bonchev–Trinajstić information content (AvgIpc) is 2.45. The van der Waals surface area contributed by atoms with Crippen molar-refractivity contribution in [2.24, 2.45) is 0 Å². The summed E-state index contributed by atoms with van der Waals surface area (Å²) in [6, 6.07) is 9.51. The Morgan fingerprint density at radius 1 is 1.38 bits per heavy atom. The van der Waals surface area contributed by atoms with Crippen LogP contribution in [0.25, 0.3) is 0 Å². The first kappa shape index (κ1) is 15.8. The zero-order valence-electron chi connectivity index (χ0n) is 11.1. The first-order chi connectivity index (χ1) is 10.0. The molecule has 0 saturated carbocycles. The number of halogens is 3. The van der Waals surface area contributed by atoms with Crippen LogP contribution < -0.4 is 10.1 Å². The summed E-state index contributed by atoms with van der Waals surface area (Å²) in [6.07, 6.45) is -0.144. The standard InChI is InChI=1S/C15H12BrClFNO2/c1-21-9-5-6-11(16)14(7-9)19-15(20)8-10-12(17)3-2-4-13(10)18/h2-7H,8H2,1H3,(H,19,20). The Bertz CT molecular complexity index is 658. The second kappa shape index (κ2) is 6.91. The fourth-order valence-electron chi connectivity index (χ4n) is 1.78. The molecule has 0 spiro atoms. The van der Waals surface area contributed by atoms with Crippen LogP contribution in [0.4, 0.5) is 10.1 Å². The van der Waals surface area contributed by atoms with Gasteiger partial charge in [0, 0.05) is 21.1 Å². The van der Waals surface area contributed by atoms with Crippen molar-refractivity contribution in [1.29, 1.82) is 0 Å². The van der Waals surface area contributed by atoms with E-state index in [4.69, 9.17) is 16.3 Å². The molecule has 1 N–H and O–H groups in total. The molecule has 110 valence electrons. The molecule has 1 amide bonds. The molecular formula is C15H12BrClFNO2. The number of ether oxygens (including phenoxy) is 1. The number of methoxy groups -OCH3 is 1. The van der Waals surface area contributed by atoms with Crippen LogP contribution in [-0.2, 0) is 11.2 Å². The second-order valence-electron chi connectivity index (χ2n) is 4.27. The molecule has 0 aromatic heterocycles. The maximum atomic E-state index is 13.7. The molecule has 6 heteroatoms. The molecule has 0 radical (unpaired) electrons. The maximum Gasteiger partial charge on any atom is 0.228 e. The smallest absolute Gasteiger partial charge is 0.228 e. The van der Waals surface area contributed by atoms with Crippen LogP contribution in [0, 0.1) is 5.82 Å². The van der Waals surface area contributed by atoms with Crippen LogP contribution in [0.5, 0.6) is 5.75 Å². The van der Waals surface area contributed by atoms with E-state index in [-0.39, 0.29) is 22.9 Å². The lowest BCUT2D eigenvalue weighted by Gasteiger charge is -2.10. The zero-order chi connectivity index (χ0) is 15.4. The zero-order valence-corrected chi connectivity index (χ0v) is 13.5. The minimum absolute atomic E-state index is 0.144. The molecule has 2 aromatic carbocycles. The summed E-state index contributed by atoms with van der Waals surface area (Å²) in [5.74, 6) is -0.254. The van der Waals surface area contributed by atoms with Crippen molar-refractivity contribution in [3.05, 3.63) is 57.3 Å². The third-order valence-corrected chi connectivity index (χ3v) is 3.89. The van der Waals surface area contributed by atoms with E-state index in [0.717, 1.165) is 0 Å². The van der Waals surface area contributed by atoms with E-state index in [0.29, 0.717) is 15.9 Å². The van der Waals surface area contributed by atoms with Gasteiger partial charge in [0.2, 0.25) is 5.91 Å². The highest BCUT2D eigenvalue weighted by Gasteiger charge is 2.13. The summed E-state index contributed by atoms with van der Waals surface area (Å²) in [5.41, 5.74) is 0.725. The molecule has 2 rings (SSSR count). The van der Waals surface area contributed by atoms with Crippen molar-refractivity contribution in [2.45, 2.75) is 6.42 Å². The number of amides is 1. The summed E-state index contributed by atoms with van der Waals surface area (Å²) < 4.78 is 19.5. The summed E-state index contributed by atoms with van der Waals surface area (Å²) in [6.45, 7) is 0. The number of carbonyl (C=O) groups is 1. The molecule has 21 heavy (non-hydrogen) atoms. The van der Waals surface area contributed by atoms with E-state index in [2.05, 4.69) is 21.2 Å². The van der Waals surface area contributed by atoms with Gasteiger partial charge in [-0.05, 0) is 40.2 Å². The van der Waals surface area contributed by atoms with E-state index in [1.54, 1.807) is 24.3 Å². The van der Waals surface area contributed by atoms with Gasteiger partial charge >= 0.3 is 0 Å². The third kappa shape index (κ3) is 3.95. The van der Waals surface area contributed by atoms with Gasteiger partial charge in [-0.25, -0.2) is 4.39 Å². The van der Waals surface area contributed by atoms with Gasteiger partial charge in [0.1, 0.15) is 11.6 Å². The van der Waals surface area contributed by atoms with Gasteiger partial charge in [0.05, 0.1) is 19.2 Å². The Hall–Kier alpha value is -1.59. The lowest BCUT2D eigenvalue weighted by atomic mass is 10.1. The monoisotopic (exact) mass is 371 g/mol. The van der Waals surface area contributed by atoms with Crippen molar-refractivity contribution in [3.63, 3.8) is 0 Å². The van der Waals surface area contributed by atoms with Crippen molar-refractivity contribution < 1.29 is 13.9 Å². The van der Waals surface area contributed by atoms with Gasteiger partial charge in [-0.1, -0.05) is 17.7 Å². The molecule has 0 fully saturated rings. The van der Waals surface area contributed by atoms with Gasteiger partial charge in [0.25, 0.3) is 0 Å². The van der Waals surface area contributed by atoms with Gasteiger partial charge in [0.15, 0.2) is 0 Å². The lowest BCUT2D eigenvalue weighted by Crippen LogP contribution is -2.16. The van der Waals surface area contributed by atoms with E-state index in [1.165, 1.54) is 19.2 Å². The number of hydrogen-bond acceptors (Lipinski definition) is 2. The van der Waals surface area contributed by atoms with Gasteiger partial charge in [-0.15, -0.1) is 0 Å². The molecule has 0 unspecified atom stereocenters. The van der Waals surface area contributed by atoms with Gasteiger partial charge < -0.3 is 10.1 Å². The summed E-state index contributed by atoms with van der Waals surface area (Å²) in [5, 5.41) is 2.93. The molecule has 0 heterocycles. The van der Waals surface area contributed by atoms with Crippen LogP contribution >= 0.6 is 27.5 Å². The fraction of sp³-hybridized carbons (Fsp3) is 0.133. The third-order valence-electron chi connectivity index (χ3n) is 2.85. The highest BCUT2D eigenvalue weighted by molar-refractivity contribution is 9.10. The highest BCUT2D eigenvalue weighted by Crippen LogP contribution is 2.27. The first-order valence-electron chi connectivity index (χ1n) is 6.07. The van der Waals surface area contributed by atoms with Crippen LogP contribution in [0.15, 0.2) is 40.9 Å². The Morgan fingerprint density at radius 3 is 2.81 bits per heavy atom. The number of nitrogens with one attached hydrogen (secondary N) is 1. The molecule has 0 aliphatic carbocycles. The normalized spacial score (nSPS) is 10.3. The molecule has 0 saturated heterocycles. The fourth-order valence-corrected chi connectivity index (χ4v) is 2.36. The SMILES string of the molecule is COc1ccc(Br)c(NC(=O)Cc2c(F)cccc2Cl)c1. The molecule has 0 aliphatic heterocycles. The van der Waals surface area contributed by atoms with Crippen LogP contribution in [0.3, 0.4) is 0 Å².